The number of benzene rings is 1. The highest BCUT2D eigenvalue weighted by Crippen LogP contribution is 2.23. The van der Waals surface area contributed by atoms with Crippen molar-refractivity contribution in [3.05, 3.63) is 42.1 Å². The van der Waals surface area contributed by atoms with Crippen molar-refractivity contribution in [2.45, 2.75) is 0 Å². The van der Waals surface area contributed by atoms with Gasteiger partial charge in [0.2, 0.25) is 0 Å². The van der Waals surface area contributed by atoms with Crippen molar-refractivity contribution in [2.24, 2.45) is 0 Å². The maximum Gasteiger partial charge on any atom is 0.0642 e. The van der Waals surface area contributed by atoms with Gasteiger partial charge in [-0.1, -0.05) is 30.3 Å². The van der Waals surface area contributed by atoms with E-state index in [2.05, 4.69) is 6.58 Å². The van der Waals surface area contributed by atoms with E-state index >= 15 is 0 Å². The van der Waals surface area contributed by atoms with Crippen LogP contribution in [-0.4, -0.2) is 7.05 Å². The Morgan fingerprint density at radius 2 is 2.09 bits per heavy atom. The lowest BCUT2D eigenvalue weighted by Gasteiger charge is -2.14. The molecular formula is C9H10ClN. The average molecular weight is 168 g/mol. The van der Waals surface area contributed by atoms with Crippen molar-refractivity contribution in [1.29, 1.82) is 0 Å². The van der Waals surface area contributed by atoms with E-state index in [0.717, 1.165) is 10.7 Å². The zero-order valence-electron chi connectivity index (χ0n) is 6.42. The third-order valence-corrected chi connectivity index (χ3v) is 1.83. The van der Waals surface area contributed by atoms with E-state index in [9.17, 15) is 0 Å². The molecule has 0 aromatic heterocycles. The number of halogens is 1. The van der Waals surface area contributed by atoms with E-state index in [-0.39, 0.29) is 0 Å². The number of nitrogens with zero attached hydrogens (tertiary/aromatic N) is 1. The van der Waals surface area contributed by atoms with Crippen LogP contribution in [0.5, 0.6) is 0 Å². The fourth-order valence-electron chi connectivity index (χ4n) is 0.836. The normalized spacial score (nSPS) is 9.27. The van der Waals surface area contributed by atoms with Crippen molar-refractivity contribution in [3.63, 3.8) is 0 Å². The minimum absolute atomic E-state index is 0.745. The van der Waals surface area contributed by atoms with Crippen LogP contribution in [0.4, 0.5) is 5.69 Å². The second-order valence-corrected chi connectivity index (χ2v) is 2.65. The molecular weight excluding hydrogens is 158 g/mol. The van der Waals surface area contributed by atoms with Gasteiger partial charge in [-0.25, -0.2) is 0 Å². The zero-order valence-corrected chi connectivity index (χ0v) is 7.17. The van der Waals surface area contributed by atoms with E-state index in [1.54, 1.807) is 6.20 Å². The Kier molecular flexibility index (Phi) is 2.55. The molecule has 0 N–H and O–H groups in total. The Labute approximate surface area is 71.9 Å². The maximum absolute atomic E-state index is 5.91. The van der Waals surface area contributed by atoms with Crippen molar-refractivity contribution in [2.75, 3.05) is 11.9 Å². The summed E-state index contributed by atoms with van der Waals surface area (Å²) in [5.41, 5.74) is 0.976. The van der Waals surface area contributed by atoms with E-state index in [1.807, 2.05) is 36.2 Å². The van der Waals surface area contributed by atoms with Crippen LogP contribution in [0.15, 0.2) is 37.0 Å². The first-order valence-electron chi connectivity index (χ1n) is 3.35. The zero-order chi connectivity index (χ0) is 8.27. The van der Waals surface area contributed by atoms with Gasteiger partial charge in [0.15, 0.2) is 0 Å². The Balaban J connectivity index is 3.02. The molecule has 1 nitrogen and oxygen atoms in total. The van der Waals surface area contributed by atoms with Gasteiger partial charge in [-0.15, -0.1) is 0 Å². The minimum atomic E-state index is 0.745. The lowest BCUT2D eigenvalue weighted by molar-refractivity contribution is 1.21. The van der Waals surface area contributed by atoms with Crippen LogP contribution in [0.3, 0.4) is 0 Å². The summed E-state index contributed by atoms with van der Waals surface area (Å²) in [5.74, 6) is 0. The molecule has 58 valence electrons. The maximum atomic E-state index is 5.91. The van der Waals surface area contributed by atoms with E-state index in [1.165, 1.54) is 0 Å². The topological polar surface area (TPSA) is 3.24 Å². The van der Waals surface area contributed by atoms with Crippen LogP contribution in [0.2, 0.25) is 5.02 Å². The van der Waals surface area contributed by atoms with Gasteiger partial charge in [0.1, 0.15) is 0 Å². The molecule has 0 atom stereocenters. The predicted octanol–water partition coefficient (Wildman–Crippen LogP) is 2.92. The molecule has 1 rings (SSSR count). The molecule has 0 spiro atoms. The number of hydrogen-bond acceptors (Lipinski definition) is 1. The van der Waals surface area contributed by atoms with Crippen LogP contribution < -0.4 is 4.90 Å². The van der Waals surface area contributed by atoms with Gasteiger partial charge in [-0.3, -0.25) is 0 Å². The molecule has 0 unspecified atom stereocenters. The van der Waals surface area contributed by atoms with Crippen LogP contribution >= 0.6 is 11.6 Å². The molecule has 0 fully saturated rings. The lowest BCUT2D eigenvalue weighted by Crippen LogP contribution is -2.06. The van der Waals surface area contributed by atoms with Gasteiger partial charge in [0, 0.05) is 7.05 Å². The van der Waals surface area contributed by atoms with Crippen molar-refractivity contribution in [1.82, 2.24) is 0 Å². The highest BCUT2D eigenvalue weighted by atomic mass is 35.5. The summed E-state index contributed by atoms with van der Waals surface area (Å²) >= 11 is 5.91. The first-order valence-corrected chi connectivity index (χ1v) is 3.73. The van der Waals surface area contributed by atoms with E-state index in [4.69, 9.17) is 11.6 Å². The van der Waals surface area contributed by atoms with Crippen molar-refractivity contribution in [3.8, 4) is 0 Å². The molecule has 0 heterocycles. The third kappa shape index (κ3) is 1.75. The molecule has 0 amide bonds. The summed E-state index contributed by atoms with van der Waals surface area (Å²) in [6, 6.07) is 7.66. The molecule has 0 aliphatic heterocycles. The summed E-state index contributed by atoms with van der Waals surface area (Å²) in [6.07, 6.45) is 1.72. The summed E-state index contributed by atoms with van der Waals surface area (Å²) in [4.78, 5) is 1.88. The summed E-state index contributed by atoms with van der Waals surface area (Å²) in [5, 5.41) is 0.745. The molecule has 0 aliphatic rings. The number of anilines is 1. The second-order valence-electron chi connectivity index (χ2n) is 2.24. The summed E-state index contributed by atoms with van der Waals surface area (Å²) in [6.45, 7) is 3.65. The van der Waals surface area contributed by atoms with Crippen LogP contribution in [0.1, 0.15) is 0 Å². The molecule has 2 heteroatoms. The van der Waals surface area contributed by atoms with Crippen molar-refractivity contribution >= 4 is 17.3 Å². The fraction of sp³-hybridized carbons (Fsp3) is 0.111. The van der Waals surface area contributed by atoms with Gasteiger partial charge < -0.3 is 4.90 Å². The predicted molar refractivity (Wildman–Crippen MR) is 50.1 cm³/mol. The Morgan fingerprint density at radius 1 is 1.45 bits per heavy atom. The lowest BCUT2D eigenvalue weighted by atomic mass is 10.3. The summed E-state index contributed by atoms with van der Waals surface area (Å²) in [7, 11) is 1.91. The first kappa shape index (κ1) is 8.15. The molecule has 0 bridgehead atoms. The quantitative estimate of drug-likeness (QED) is 0.655. The van der Waals surface area contributed by atoms with Crippen molar-refractivity contribution < 1.29 is 0 Å². The smallest absolute Gasteiger partial charge is 0.0642 e. The highest BCUT2D eigenvalue weighted by molar-refractivity contribution is 6.33. The van der Waals surface area contributed by atoms with Gasteiger partial charge >= 0.3 is 0 Å². The monoisotopic (exact) mass is 167 g/mol. The standard InChI is InChI=1S/C9H10ClN/c1-3-11(2)9-7-5-4-6-8(9)10/h3-7H,1H2,2H3. The largest absolute Gasteiger partial charge is 0.350 e. The number of hydrogen-bond donors (Lipinski definition) is 0. The molecule has 0 radical (unpaired) electrons. The Bertz CT molecular complexity index is 257. The first-order chi connectivity index (χ1) is 5.25. The molecule has 11 heavy (non-hydrogen) atoms. The molecule has 1 aromatic rings. The number of rotatable bonds is 2. The molecule has 0 saturated heterocycles. The Hall–Kier alpha value is -0.950. The second kappa shape index (κ2) is 3.44. The van der Waals surface area contributed by atoms with Gasteiger partial charge in [-0.2, -0.15) is 0 Å². The van der Waals surface area contributed by atoms with Crippen LogP contribution in [-0.2, 0) is 0 Å². The fourth-order valence-corrected chi connectivity index (χ4v) is 1.11. The third-order valence-electron chi connectivity index (χ3n) is 1.51. The molecule has 1 aromatic carbocycles. The van der Waals surface area contributed by atoms with Gasteiger partial charge in [0.25, 0.3) is 0 Å². The summed E-state index contributed by atoms with van der Waals surface area (Å²) < 4.78 is 0. The minimum Gasteiger partial charge on any atom is -0.350 e. The molecule has 0 aliphatic carbocycles. The van der Waals surface area contributed by atoms with Crippen LogP contribution in [0, 0.1) is 0 Å². The Morgan fingerprint density at radius 3 is 2.64 bits per heavy atom. The van der Waals surface area contributed by atoms with E-state index < -0.39 is 0 Å². The van der Waals surface area contributed by atoms with Gasteiger partial charge in [-0.05, 0) is 18.3 Å². The van der Waals surface area contributed by atoms with Crippen LogP contribution in [0.25, 0.3) is 0 Å². The average Bonchev–Trinajstić information content (AvgIpc) is 2.04. The van der Waals surface area contributed by atoms with Gasteiger partial charge in [0.05, 0.1) is 10.7 Å². The van der Waals surface area contributed by atoms with E-state index in [0.29, 0.717) is 0 Å². The molecule has 0 saturated carbocycles. The highest BCUT2D eigenvalue weighted by Gasteiger charge is 1.99. The number of para-hydroxylation sites is 1. The SMILES string of the molecule is C=CN(C)c1ccccc1Cl.